The Balaban J connectivity index is 2.69. The predicted molar refractivity (Wildman–Crippen MR) is 97.5 cm³/mol. The lowest BCUT2D eigenvalue weighted by Crippen LogP contribution is -2.19. The molecule has 26 heavy (non-hydrogen) atoms. The number of carboxylic acids is 1. The molecule has 0 bridgehead atoms. The fourth-order valence-electron chi connectivity index (χ4n) is 2.72. The predicted octanol–water partition coefficient (Wildman–Crippen LogP) is 2.36. The maximum absolute atomic E-state index is 12.7. The van der Waals surface area contributed by atoms with Crippen LogP contribution >= 0.6 is 0 Å². The Labute approximate surface area is 152 Å². The first-order valence-electron chi connectivity index (χ1n) is 8.15. The number of ether oxygens (including phenoxy) is 1. The number of nitrogens with zero attached hydrogens (tertiary/aromatic N) is 2. The van der Waals surface area contributed by atoms with Gasteiger partial charge in [0.25, 0.3) is 10.0 Å². The molecule has 0 fully saturated rings. The largest absolute Gasteiger partial charge is 0.495 e. The molecule has 1 aromatic carbocycles. The zero-order chi connectivity index (χ0) is 19.6. The number of aromatic nitrogens is 2. The molecule has 142 valence electrons. The Hall–Kier alpha value is -2.55. The minimum atomic E-state index is -4.05. The fourth-order valence-corrected chi connectivity index (χ4v) is 3.88. The van der Waals surface area contributed by atoms with E-state index in [0.29, 0.717) is 29.8 Å². The highest BCUT2D eigenvalue weighted by Gasteiger charge is 2.27. The number of aromatic carboxylic acids is 1. The summed E-state index contributed by atoms with van der Waals surface area (Å²) in [5.41, 5.74) is 1.10. The van der Waals surface area contributed by atoms with E-state index in [-0.39, 0.29) is 22.0 Å². The van der Waals surface area contributed by atoms with E-state index in [1.807, 2.05) is 13.8 Å². The number of carboxylic acid groups (broad SMARTS) is 1. The zero-order valence-corrected chi connectivity index (χ0v) is 16.3. The van der Waals surface area contributed by atoms with E-state index in [0.717, 1.165) is 0 Å². The summed E-state index contributed by atoms with van der Waals surface area (Å²) < 4.78 is 34.7. The molecule has 0 spiro atoms. The molecule has 2 rings (SSSR count). The van der Waals surface area contributed by atoms with Gasteiger partial charge in [-0.1, -0.05) is 19.9 Å². The van der Waals surface area contributed by atoms with Gasteiger partial charge in [0.1, 0.15) is 17.1 Å². The van der Waals surface area contributed by atoms with Crippen molar-refractivity contribution in [1.29, 1.82) is 0 Å². The number of anilines is 1. The van der Waals surface area contributed by atoms with E-state index in [4.69, 9.17) is 4.74 Å². The number of benzene rings is 1. The second-order valence-corrected chi connectivity index (χ2v) is 7.46. The standard InChI is InChI=1S/C17H23N3O5S/c1-6-11-8-12(7-2)16(25-5)14(17(21)22)15(11)19-26(23,24)13-9-20(4)10(3)18-13/h8-9,19H,6-7H2,1-5H3,(H,21,22). The van der Waals surface area contributed by atoms with Gasteiger partial charge in [0.2, 0.25) is 0 Å². The van der Waals surface area contributed by atoms with E-state index in [9.17, 15) is 18.3 Å². The van der Waals surface area contributed by atoms with Crippen molar-refractivity contribution in [2.45, 2.75) is 38.6 Å². The lowest BCUT2D eigenvalue weighted by Gasteiger charge is -2.19. The number of nitrogens with one attached hydrogen (secondary N) is 1. The molecule has 1 aromatic heterocycles. The van der Waals surface area contributed by atoms with Crippen molar-refractivity contribution in [2.24, 2.45) is 7.05 Å². The van der Waals surface area contributed by atoms with Crippen LogP contribution in [0.4, 0.5) is 5.69 Å². The van der Waals surface area contributed by atoms with Crippen LogP contribution < -0.4 is 9.46 Å². The number of imidazole rings is 1. The van der Waals surface area contributed by atoms with Crippen molar-refractivity contribution >= 4 is 21.7 Å². The van der Waals surface area contributed by atoms with Gasteiger partial charge in [0, 0.05) is 13.2 Å². The van der Waals surface area contributed by atoms with Crippen molar-refractivity contribution in [3.05, 3.63) is 34.8 Å². The van der Waals surface area contributed by atoms with E-state index >= 15 is 0 Å². The van der Waals surface area contributed by atoms with Crippen LogP contribution in [0.5, 0.6) is 5.75 Å². The highest BCUT2D eigenvalue weighted by molar-refractivity contribution is 7.92. The maximum Gasteiger partial charge on any atom is 0.341 e. The molecule has 0 radical (unpaired) electrons. The summed E-state index contributed by atoms with van der Waals surface area (Å²) in [5.74, 6) is -0.577. The van der Waals surface area contributed by atoms with Crippen LogP contribution in [-0.2, 0) is 29.9 Å². The van der Waals surface area contributed by atoms with Crippen molar-refractivity contribution in [3.63, 3.8) is 0 Å². The van der Waals surface area contributed by atoms with Crippen LogP contribution in [0.15, 0.2) is 17.3 Å². The highest BCUT2D eigenvalue weighted by Crippen LogP contribution is 2.36. The summed E-state index contributed by atoms with van der Waals surface area (Å²) in [6.07, 6.45) is 2.39. The SMILES string of the molecule is CCc1cc(CC)c(OC)c(C(=O)O)c1NS(=O)(=O)c1cn(C)c(C)n1. The monoisotopic (exact) mass is 381 g/mol. The summed E-state index contributed by atoms with van der Waals surface area (Å²) in [7, 11) is -1.000. The van der Waals surface area contributed by atoms with E-state index in [1.54, 1.807) is 24.6 Å². The van der Waals surface area contributed by atoms with Crippen LogP contribution in [0.3, 0.4) is 0 Å². The fraction of sp³-hybridized carbons (Fsp3) is 0.412. The molecular weight excluding hydrogens is 358 g/mol. The number of methoxy groups -OCH3 is 1. The summed E-state index contributed by atoms with van der Waals surface area (Å²) in [6.45, 7) is 5.39. The first kappa shape index (κ1) is 19.8. The summed E-state index contributed by atoms with van der Waals surface area (Å²) >= 11 is 0. The normalized spacial score (nSPS) is 11.4. The Morgan fingerprint density at radius 2 is 1.92 bits per heavy atom. The van der Waals surface area contributed by atoms with Gasteiger partial charge in [0.15, 0.2) is 5.03 Å². The Morgan fingerprint density at radius 1 is 1.31 bits per heavy atom. The summed E-state index contributed by atoms with van der Waals surface area (Å²) in [6, 6.07) is 1.77. The van der Waals surface area contributed by atoms with Gasteiger partial charge in [-0.3, -0.25) is 4.72 Å². The first-order valence-corrected chi connectivity index (χ1v) is 9.63. The van der Waals surface area contributed by atoms with Gasteiger partial charge in [-0.25, -0.2) is 9.78 Å². The number of hydrogen-bond donors (Lipinski definition) is 2. The summed E-state index contributed by atoms with van der Waals surface area (Å²) in [4.78, 5) is 15.9. The zero-order valence-electron chi connectivity index (χ0n) is 15.5. The van der Waals surface area contributed by atoms with Crippen molar-refractivity contribution in [1.82, 2.24) is 9.55 Å². The minimum absolute atomic E-state index is 0.0114. The number of hydrogen-bond acceptors (Lipinski definition) is 5. The van der Waals surface area contributed by atoms with Crippen LogP contribution in [0, 0.1) is 6.92 Å². The number of rotatable bonds is 7. The highest BCUT2D eigenvalue weighted by atomic mass is 32.2. The molecule has 0 amide bonds. The van der Waals surface area contributed by atoms with Gasteiger partial charge in [-0.15, -0.1) is 0 Å². The van der Waals surface area contributed by atoms with Gasteiger partial charge >= 0.3 is 5.97 Å². The molecule has 9 heteroatoms. The van der Waals surface area contributed by atoms with Crippen LogP contribution in [0.2, 0.25) is 0 Å². The topological polar surface area (TPSA) is 111 Å². The average molecular weight is 381 g/mol. The van der Waals surface area contributed by atoms with Crippen LogP contribution in [0.1, 0.15) is 41.2 Å². The van der Waals surface area contributed by atoms with Crippen molar-refractivity contribution < 1.29 is 23.1 Å². The maximum atomic E-state index is 12.7. The molecule has 0 aliphatic carbocycles. The average Bonchev–Trinajstić information content (AvgIpc) is 2.93. The summed E-state index contributed by atoms with van der Waals surface area (Å²) in [5, 5.41) is 9.53. The lowest BCUT2D eigenvalue weighted by molar-refractivity contribution is 0.0694. The van der Waals surface area contributed by atoms with Crippen molar-refractivity contribution in [2.75, 3.05) is 11.8 Å². The van der Waals surface area contributed by atoms with Gasteiger partial charge < -0.3 is 14.4 Å². The number of carbonyl (C=O) groups is 1. The molecule has 0 atom stereocenters. The van der Waals surface area contributed by atoms with Gasteiger partial charge in [0.05, 0.1) is 12.8 Å². The third-order valence-electron chi connectivity index (χ3n) is 4.22. The van der Waals surface area contributed by atoms with Crippen molar-refractivity contribution in [3.8, 4) is 5.75 Å². The first-order chi connectivity index (χ1) is 12.2. The van der Waals surface area contributed by atoms with Crippen LogP contribution in [0.25, 0.3) is 0 Å². The lowest BCUT2D eigenvalue weighted by atomic mass is 9.98. The Bertz CT molecular complexity index is 928. The molecule has 1 heterocycles. The van der Waals surface area contributed by atoms with E-state index in [1.165, 1.54) is 13.3 Å². The van der Waals surface area contributed by atoms with Crippen LogP contribution in [-0.4, -0.2) is 36.2 Å². The van der Waals surface area contributed by atoms with E-state index in [2.05, 4.69) is 9.71 Å². The Morgan fingerprint density at radius 3 is 2.35 bits per heavy atom. The quantitative estimate of drug-likeness (QED) is 0.762. The number of aryl methyl sites for hydroxylation is 4. The molecule has 0 saturated heterocycles. The number of sulfonamides is 1. The molecule has 0 aliphatic rings. The molecule has 0 unspecified atom stereocenters. The third-order valence-corrected chi connectivity index (χ3v) is 5.44. The molecule has 2 N–H and O–H groups in total. The Kier molecular flexibility index (Phi) is 5.60. The second kappa shape index (κ2) is 7.36. The van der Waals surface area contributed by atoms with Gasteiger partial charge in [-0.05, 0) is 30.9 Å². The molecule has 0 aliphatic heterocycles. The molecule has 0 saturated carbocycles. The minimum Gasteiger partial charge on any atom is -0.495 e. The molecule has 8 nitrogen and oxygen atoms in total. The van der Waals surface area contributed by atoms with Gasteiger partial charge in [-0.2, -0.15) is 8.42 Å². The third kappa shape index (κ3) is 3.52. The molecular formula is C17H23N3O5S. The smallest absolute Gasteiger partial charge is 0.341 e. The van der Waals surface area contributed by atoms with E-state index < -0.39 is 16.0 Å². The second-order valence-electron chi connectivity index (χ2n) is 5.83. The molecule has 2 aromatic rings.